The Morgan fingerprint density at radius 1 is 1.26 bits per heavy atom. The summed E-state index contributed by atoms with van der Waals surface area (Å²) in [4.78, 5) is 6.90. The van der Waals surface area contributed by atoms with Crippen molar-refractivity contribution >= 4 is 29.9 Å². The van der Waals surface area contributed by atoms with Crippen molar-refractivity contribution in [1.82, 2.24) is 10.2 Å². The lowest BCUT2D eigenvalue weighted by molar-refractivity contribution is 0.0205. The molecule has 0 aromatic carbocycles. The van der Waals surface area contributed by atoms with Gasteiger partial charge >= 0.3 is 0 Å². The van der Waals surface area contributed by atoms with Gasteiger partial charge in [0.05, 0.1) is 0 Å². The van der Waals surface area contributed by atoms with E-state index < -0.39 is 0 Å². The van der Waals surface area contributed by atoms with E-state index in [1.54, 1.807) is 0 Å². The maximum absolute atomic E-state index is 5.78. The lowest BCUT2D eigenvalue weighted by Crippen LogP contribution is -2.39. The molecule has 0 spiro atoms. The summed E-state index contributed by atoms with van der Waals surface area (Å²) in [6, 6.07) is 0. The van der Waals surface area contributed by atoms with Crippen LogP contribution in [0.15, 0.2) is 4.99 Å². The van der Waals surface area contributed by atoms with E-state index >= 15 is 0 Å². The molecule has 1 fully saturated rings. The van der Waals surface area contributed by atoms with Crippen LogP contribution in [0.1, 0.15) is 46.0 Å². The summed E-state index contributed by atoms with van der Waals surface area (Å²) in [5.41, 5.74) is 0. The number of guanidine groups is 1. The quantitative estimate of drug-likeness (QED) is 0.245. The van der Waals surface area contributed by atoms with Gasteiger partial charge in [-0.3, -0.25) is 4.99 Å². The van der Waals surface area contributed by atoms with Gasteiger partial charge in [0.2, 0.25) is 0 Å². The Hall–Kier alpha value is -0.0800. The highest BCUT2D eigenvalue weighted by Crippen LogP contribution is 2.14. The van der Waals surface area contributed by atoms with Gasteiger partial charge in [-0.25, -0.2) is 0 Å². The fourth-order valence-electron chi connectivity index (χ4n) is 2.49. The molecule has 6 heteroatoms. The number of nitrogens with one attached hydrogen (secondary N) is 1. The molecule has 1 N–H and O–H groups in total. The van der Waals surface area contributed by atoms with E-state index in [9.17, 15) is 0 Å². The molecule has 0 bridgehead atoms. The van der Waals surface area contributed by atoms with Crippen LogP contribution in [0.5, 0.6) is 0 Å². The van der Waals surface area contributed by atoms with Crippen LogP contribution in [0.2, 0.25) is 0 Å². The molecule has 1 saturated heterocycles. The summed E-state index contributed by atoms with van der Waals surface area (Å²) in [5.74, 6) is 1.70. The molecule has 0 aromatic heterocycles. The zero-order chi connectivity index (χ0) is 16.0. The Balaban J connectivity index is 0.00000484. The van der Waals surface area contributed by atoms with Crippen LogP contribution in [0.4, 0.5) is 0 Å². The summed E-state index contributed by atoms with van der Waals surface area (Å²) in [7, 11) is 2.11. The summed E-state index contributed by atoms with van der Waals surface area (Å²) in [6.45, 7) is 10.6. The van der Waals surface area contributed by atoms with Crippen LogP contribution in [-0.4, -0.2) is 64.0 Å². The molecule has 0 radical (unpaired) electrons. The summed E-state index contributed by atoms with van der Waals surface area (Å²) >= 11 is 0. The predicted molar refractivity (Wildman–Crippen MR) is 108 cm³/mol. The maximum atomic E-state index is 5.78. The normalized spacial score (nSPS) is 16.0. The van der Waals surface area contributed by atoms with Gasteiger partial charge in [-0.2, -0.15) is 0 Å². The molecule has 1 heterocycles. The minimum Gasteiger partial charge on any atom is -0.381 e. The molecular weight excluding hydrogens is 405 g/mol. The Morgan fingerprint density at radius 3 is 2.65 bits per heavy atom. The molecule has 0 aromatic rings. The van der Waals surface area contributed by atoms with E-state index in [-0.39, 0.29) is 24.0 Å². The predicted octanol–water partition coefficient (Wildman–Crippen LogP) is 3.14. The summed E-state index contributed by atoms with van der Waals surface area (Å²) in [6.07, 6.45) is 5.69. The summed E-state index contributed by atoms with van der Waals surface area (Å²) in [5, 5.41) is 3.36. The fraction of sp³-hybridized carbons (Fsp3) is 0.941. The van der Waals surface area contributed by atoms with Crippen molar-refractivity contribution < 1.29 is 9.47 Å². The van der Waals surface area contributed by atoms with E-state index in [2.05, 4.69) is 36.1 Å². The van der Waals surface area contributed by atoms with Crippen molar-refractivity contribution in [2.45, 2.75) is 46.0 Å². The van der Waals surface area contributed by atoms with Crippen LogP contribution in [0.25, 0.3) is 0 Å². The molecule has 0 atom stereocenters. The third-order valence-electron chi connectivity index (χ3n) is 3.95. The lowest BCUT2D eigenvalue weighted by Gasteiger charge is -2.22. The van der Waals surface area contributed by atoms with Gasteiger partial charge in [0.1, 0.15) is 0 Å². The monoisotopic (exact) mass is 441 g/mol. The standard InChI is InChI=1S/C17H35N3O2.HI/c1-4-6-11-20(3)17(18-5-2)19-10-7-12-22-15-16-8-13-21-14-9-16;/h16H,4-15H2,1-3H3,(H,18,19);1H. The lowest BCUT2D eigenvalue weighted by atomic mass is 10.0. The molecule has 0 saturated carbocycles. The first kappa shape index (κ1) is 22.9. The molecule has 138 valence electrons. The van der Waals surface area contributed by atoms with Gasteiger partial charge < -0.3 is 19.7 Å². The van der Waals surface area contributed by atoms with Crippen molar-refractivity contribution in [3.8, 4) is 0 Å². The van der Waals surface area contributed by atoms with Gasteiger partial charge in [0, 0.05) is 53.1 Å². The third kappa shape index (κ3) is 11.2. The van der Waals surface area contributed by atoms with E-state index in [1.807, 2.05) is 0 Å². The molecule has 1 aliphatic rings. The number of nitrogens with zero attached hydrogens (tertiary/aromatic N) is 2. The Kier molecular flexibility index (Phi) is 15.4. The second-order valence-corrected chi connectivity index (χ2v) is 5.99. The van der Waals surface area contributed by atoms with E-state index in [0.717, 1.165) is 71.3 Å². The minimum absolute atomic E-state index is 0. The minimum atomic E-state index is 0. The SMILES string of the molecule is CCCCN(C)C(=NCCCOCC1CCOCC1)NCC.I. The highest BCUT2D eigenvalue weighted by atomic mass is 127. The molecule has 5 nitrogen and oxygen atoms in total. The number of unbranched alkanes of at least 4 members (excludes halogenated alkanes) is 1. The van der Waals surface area contributed by atoms with Gasteiger partial charge in [-0.1, -0.05) is 13.3 Å². The fourth-order valence-corrected chi connectivity index (χ4v) is 2.49. The number of hydrogen-bond acceptors (Lipinski definition) is 3. The number of ether oxygens (including phenoxy) is 2. The van der Waals surface area contributed by atoms with Crippen molar-refractivity contribution in [3.05, 3.63) is 0 Å². The summed E-state index contributed by atoms with van der Waals surface area (Å²) < 4.78 is 11.1. The van der Waals surface area contributed by atoms with Gasteiger partial charge in [-0.15, -0.1) is 24.0 Å². The third-order valence-corrected chi connectivity index (χ3v) is 3.95. The topological polar surface area (TPSA) is 46.1 Å². The second kappa shape index (κ2) is 15.4. The van der Waals surface area contributed by atoms with Gasteiger partial charge in [0.25, 0.3) is 0 Å². The maximum Gasteiger partial charge on any atom is 0.193 e. The largest absolute Gasteiger partial charge is 0.381 e. The zero-order valence-corrected chi connectivity index (χ0v) is 17.5. The van der Waals surface area contributed by atoms with E-state index in [4.69, 9.17) is 9.47 Å². The molecule has 0 unspecified atom stereocenters. The van der Waals surface area contributed by atoms with E-state index in [0.29, 0.717) is 5.92 Å². The highest BCUT2D eigenvalue weighted by molar-refractivity contribution is 14.0. The van der Waals surface area contributed by atoms with Crippen LogP contribution in [0.3, 0.4) is 0 Å². The Morgan fingerprint density at radius 2 is 2.00 bits per heavy atom. The highest BCUT2D eigenvalue weighted by Gasteiger charge is 2.13. The van der Waals surface area contributed by atoms with Gasteiger partial charge in [0.15, 0.2) is 5.96 Å². The van der Waals surface area contributed by atoms with Crippen molar-refractivity contribution in [3.63, 3.8) is 0 Å². The van der Waals surface area contributed by atoms with Crippen molar-refractivity contribution in [2.75, 3.05) is 53.1 Å². The average Bonchev–Trinajstić information content (AvgIpc) is 2.55. The van der Waals surface area contributed by atoms with Crippen LogP contribution in [0, 0.1) is 5.92 Å². The van der Waals surface area contributed by atoms with Crippen LogP contribution in [-0.2, 0) is 9.47 Å². The molecule has 0 aliphatic carbocycles. The van der Waals surface area contributed by atoms with Crippen molar-refractivity contribution in [2.24, 2.45) is 10.9 Å². The number of aliphatic imine (C=N–C) groups is 1. The molecule has 23 heavy (non-hydrogen) atoms. The van der Waals surface area contributed by atoms with Crippen LogP contribution >= 0.6 is 24.0 Å². The number of halogens is 1. The smallest absolute Gasteiger partial charge is 0.193 e. The number of hydrogen-bond donors (Lipinski definition) is 1. The first-order chi connectivity index (χ1) is 10.8. The second-order valence-electron chi connectivity index (χ2n) is 5.99. The number of rotatable bonds is 10. The van der Waals surface area contributed by atoms with Gasteiger partial charge in [-0.05, 0) is 38.5 Å². The molecule has 0 amide bonds. The zero-order valence-electron chi connectivity index (χ0n) is 15.2. The molecule has 1 aliphatic heterocycles. The van der Waals surface area contributed by atoms with Crippen molar-refractivity contribution in [1.29, 1.82) is 0 Å². The van der Waals surface area contributed by atoms with E-state index in [1.165, 1.54) is 12.8 Å². The first-order valence-electron chi connectivity index (χ1n) is 8.92. The molecular formula is C17H36IN3O2. The first-order valence-corrected chi connectivity index (χ1v) is 8.92. The molecule has 1 rings (SSSR count). The Bertz CT molecular complexity index is 298. The van der Waals surface area contributed by atoms with Crippen LogP contribution < -0.4 is 5.32 Å². The average molecular weight is 441 g/mol. The Labute approximate surface area is 159 Å².